The van der Waals surface area contributed by atoms with Gasteiger partial charge in [0.05, 0.1) is 12.1 Å². The van der Waals surface area contributed by atoms with Gasteiger partial charge in [0.15, 0.2) is 0 Å². The monoisotopic (exact) mass is 333 g/mol. The van der Waals surface area contributed by atoms with Crippen LogP contribution in [-0.4, -0.2) is 47.8 Å². The van der Waals surface area contributed by atoms with E-state index in [0.717, 1.165) is 18.7 Å². The molecule has 0 radical (unpaired) electrons. The summed E-state index contributed by atoms with van der Waals surface area (Å²) < 4.78 is 0. The highest BCUT2D eigenvalue weighted by atomic mass is 16.3. The van der Waals surface area contributed by atoms with Crippen LogP contribution in [0, 0.1) is 0 Å². The molecule has 5 nitrogen and oxygen atoms in total. The summed E-state index contributed by atoms with van der Waals surface area (Å²) in [5, 5.41) is 12.7. The molecule has 0 aliphatic carbocycles. The molecular formula is C19H31N3O2. The molecule has 2 rings (SSSR count). The SMILES string of the molecule is CC(O)CN(C(=O)NC(C)c1cccc(N2CCCC2)c1)C(C)C. The van der Waals surface area contributed by atoms with E-state index < -0.39 is 6.10 Å². The zero-order valence-corrected chi connectivity index (χ0v) is 15.3. The van der Waals surface area contributed by atoms with E-state index in [9.17, 15) is 9.90 Å². The molecule has 2 amide bonds. The first-order valence-electron chi connectivity index (χ1n) is 8.98. The number of hydrogen-bond acceptors (Lipinski definition) is 3. The molecule has 1 heterocycles. The average molecular weight is 333 g/mol. The second kappa shape index (κ2) is 8.38. The topological polar surface area (TPSA) is 55.8 Å². The molecule has 0 saturated carbocycles. The lowest BCUT2D eigenvalue weighted by molar-refractivity contribution is 0.117. The Kier molecular flexibility index (Phi) is 6.49. The average Bonchev–Trinajstić information content (AvgIpc) is 3.06. The number of carbonyl (C=O) groups is 1. The molecule has 24 heavy (non-hydrogen) atoms. The number of nitrogens with one attached hydrogen (secondary N) is 1. The fraction of sp³-hybridized carbons (Fsp3) is 0.632. The Morgan fingerprint density at radius 2 is 1.92 bits per heavy atom. The molecule has 1 aliphatic heterocycles. The van der Waals surface area contributed by atoms with E-state index in [2.05, 4.69) is 34.5 Å². The number of hydrogen-bond donors (Lipinski definition) is 2. The molecule has 1 saturated heterocycles. The van der Waals surface area contributed by atoms with Crippen LogP contribution in [0.4, 0.5) is 10.5 Å². The van der Waals surface area contributed by atoms with E-state index in [4.69, 9.17) is 0 Å². The van der Waals surface area contributed by atoms with Crippen LogP contribution in [0.3, 0.4) is 0 Å². The molecule has 2 N–H and O–H groups in total. The van der Waals surface area contributed by atoms with Gasteiger partial charge in [-0.2, -0.15) is 0 Å². The Bertz CT molecular complexity index is 539. The van der Waals surface area contributed by atoms with Gasteiger partial charge < -0.3 is 20.2 Å². The van der Waals surface area contributed by atoms with Crippen molar-refractivity contribution in [1.82, 2.24) is 10.2 Å². The first kappa shape index (κ1) is 18.6. The quantitative estimate of drug-likeness (QED) is 0.841. The minimum absolute atomic E-state index is 0.0442. The first-order valence-corrected chi connectivity index (χ1v) is 8.98. The number of carbonyl (C=O) groups excluding carboxylic acids is 1. The number of aliphatic hydroxyl groups is 1. The molecule has 0 aromatic heterocycles. The van der Waals surface area contributed by atoms with Crippen molar-refractivity contribution in [2.75, 3.05) is 24.5 Å². The van der Waals surface area contributed by atoms with Gasteiger partial charge in [0.2, 0.25) is 0 Å². The van der Waals surface area contributed by atoms with Gasteiger partial charge in [-0.1, -0.05) is 12.1 Å². The Morgan fingerprint density at radius 3 is 2.50 bits per heavy atom. The van der Waals surface area contributed by atoms with Gasteiger partial charge in [0, 0.05) is 31.4 Å². The van der Waals surface area contributed by atoms with Crippen molar-refractivity contribution in [3.05, 3.63) is 29.8 Å². The maximum absolute atomic E-state index is 12.5. The number of aliphatic hydroxyl groups excluding tert-OH is 1. The van der Waals surface area contributed by atoms with Gasteiger partial charge in [0.1, 0.15) is 0 Å². The highest BCUT2D eigenvalue weighted by molar-refractivity contribution is 5.75. The van der Waals surface area contributed by atoms with Gasteiger partial charge in [-0.05, 0) is 58.2 Å². The summed E-state index contributed by atoms with van der Waals surface area (Å²) in [6, 6.07) is 8.26. The summed E-state index contributed by atoms with van der Waals surface area (Å²) in [5.41, 5.74) is 2.34. The van der Waals surface area contributed by atoms with Crippen LogP contribution in [0.1, 0.15) is 52.1 Å². The zero-order chi connectivity index (χ0) is 17.7. The number of rotatable bonds is 6. The predicted molar refractivity (Wildman–Crippen MR) is 98.4 cm³/mol. The predicted octanol–water partition coefficient (Wildman–Crippen LogP) is 3.15. The molecule has 1 aliphatic rings. The third-order valence-corrected chi connectivity index (χ3v) is 4.53. The molecule has 1 aromatic carbocycles. The molecule has 2 atom stereocenters. The van der Waals surface area contributed by atoms with Crippen molar-refractivity contribution in [3.63, 3.8) is 0 Å². The van der Waals surface area contributed by atoms with Crippen LogP contribution in [0.5, 0.6) is 0 Å². The van der Waals surface area contributed by atoms with Crippen LogP contribution in [0.25, 0.3) is 0 Å². The van der Waals surface area contributed by atoms with Crippen LogP contribution in [0.2, 0.25) is 0 Å². The Labute approximate surface area is 145 Å². The second-order valence-corrected chi connectivity index (χ2v) is 7.06. The van der Waals surface area contributed by atoms with Crippen LogP contribution >= 0.6 is 0 Å². The minimum atomic E-state index is -0.535. The number of amides is 2. The highest BCUT2D eigenvalue weighted by Gasteiger charge is 2.21. The van der Waals surface area contributed by atoms with Gasteiger partial charge in [0.25, 0.3) is 0 Å². The smallest absolute Gasteiger partial charge is 0.318 e. The Balaban J connectivity index is 2.04. The second-order valence-electron chi connectivity index (χ2n) is 7.06. The van der Waals surface area contributed by atoms with E-state index in [1.807, 2.05) is 20.8 Å². The van der Waals surface area contributed by atoms with Crippen molar-refractivity contribution < 1.29 is 9.90 Å². The van der Waals surface area contributed by atoms with Crippen LogP contribution in [-0.2, 0) is 0 Å². The fourth-order valence-corrected chi connectivity index (χ4v) is 3.13. The molecule has 0 bridgehead atoms. The fourth-order valence-electron chi connectivity index (χ4n) is 3.13. The third kappa shape index (κ3) is 4.87. The highest BCUT2D eigenvalue weighted by Crippen LogP contribution is 2.24. The largest absolute Gasteiger partial charge is 0.392 e. The van der Waals surface area contributed by atoms with Gasteiger partial charge in [-0.25, -0.2) is 4.79 Å². The van der Waals surface area contributed by atoms with Crippen molar-refractivity contribution in [1.29, 1.82) is 0 Å². The van der Waals surface area contributed by atoms with E-state index in [1.54, 1.807) is 11.8 Å². The van der Waals surface area contributed by atoms with Crippen LogP contribution in [0.15, 0.2) is 24.3 Å². The lowest BCUT2D eigenvalue weighted by atomic mass is 10.1. The number of anilines is 1. The molecule has 1 aromatic rings. The Morgan fingerprint density at radius 1 is 1.25 bits per heavy atom. The normalized spacial score (nSPS) is 17.0. The van der Waals surface area contributed by atoms with E-state index in [1.165, 1.54) is 18.5 Å². The van der Waals surface area contributed by atoms with Crippen molar-refractivity contribution in [2.45, 2.75) is 58.7 Å². The van der Waals surface area contributed by atoms with Gasteiger partial charge in [-0.3, -0.25) is 0 Å². The molecule has 0 spiro atoms. The Hall–Kier alpha value is -1.75. The lowest BCUT2D eigenvalue weighted by Crippen LogP contribution is -2.47. The van der Waals surface area contributed by atoms with Gasteiger partial charge >= 0.3 is 6.03 Å². The van der Waals surface area contributed by atoms with E-state index >= 15 is 0 Å². The number of urea groups is 1. The molecular weight excluding hydrogens is 302 g/mol. The molecule has 5 heteroatoms. The first-order chi connectivity index (χ1) is 11.4. The summed E-state index contributed by atoms with van der Waals surface area (Å²) >= 11 is 0. The van der Waals surface area contributed by atoms with Crippen LogP contribution < -0.4 is 10.2 Å². The van der Waals surface area contributed by atoms with Crippen molar-refractivity contribution >= 4 is 11.7 Å². The molecule has 2 unspecified atom stereocenters. The minimum Gasteiger partial charge on any atom is -0.392 e. The van der Waals surface area contributed by atoms with Crippen molar-refractivity contribution in [2.24, 2.45) is 0 Å². The van der Waals surface area contributed by atoms with E-state index in [-0.39, 0.29) is 18.1 Å². The number of nitrogens with zero attached hydrogens (tertiary/aromatic N) is 2. The number of benzene rings is 1. The summed E-state index contributed by atoms with van der Waals surface area (Å²) in [6.45, 7) is 10.2. The van der Waals surface area contributed by atoms with Gasteiger partial charge in [-0.15, -0.1) is 0 Å². The summed E-state index contributed by atoms with van der Waals surface area (Å²) in [6.07, 6.45) is 1.96. The molecule has 134 valence electrons. The summed E-state index contributed by atoms with van der Waals surface area (Å²) in [5.74, 6) is 0. The maximum Gasteiger partial charge on any atom is 0.318 e. The lowest BCUT2D eigenvalue weighted by Gasteiger charge is -2.30. The third-order valence-electron chi connectivity index (χ3n) is 4.53. The summed E-state index contributed by atoms with van der Waals surface area (Å²) in [4.78, 5) is 16.6. The maximum atomic E-state index is 12.5. The van der Waals surface area contributed by atoms with E-state index in [0.29, 0.717) is 6.54 Å². The zero-order valence-electron chi connectivity index (χ0n) is 15.3. The standard InChI is InChI=1S/C19H31N3O2/c1-14(2)22(13-15(3)23)19(24)20-16(4)17-8-7-9-18(12-17)21-10-5-6-11-21/h7-9,12,14-16,23H,5-6,10-11,13H2,1-4H3,(H,20,24). The summed E-state index contributed by atoms with van der Waals surface area (Å²) in [7, 11) is 0. The molecule has 1 fully saturated rings. The van der Waals surface area contributed by atoms with Crippen molar-refractivity contribution in [3.8, 4) is 0 Å².